The fraction of sp³-hybridized carbons (Fsp3) is 0.200. The predicted molar refractivity (Wildman–Crippen MR) is 144 cm³/mol. The Morgan fingerprint density at radius 3 is 2.69 bits per heavy atom. The van der Waals surface area contributed by atoms with E-state index in [1.807, 2.05) is 54.9 Å². The van der Waals surface area contributed by atoms with Crippen LogP contribution in [0.15, 0.2) is 76.6 Å². The lowest BCUT2D eigenvalue weighted by Gasteiger charge is -2.19. The fourth-order valence-electron chi connectivity index (χ4n) is 3.89. The fourth-order valence-corrected chi connectivity index (χ4v) is 7.23. The van der Waals surface area contributed by atoms with Crippen molar-refractivity contribution in [1.29, 1.82) is 0 Å². The van der Waals surface area contributed by atoms with Gasteiger partial charge in [-0.15, -0.1) is 22.7 Å². The van der Waals surface area contributed by atoms with Crippen LogP contribution in [0.1, 0.15) is 10.6 Å². The van der Waals surface area contributed by atoms with Gasteiger partial charge in [0.2, 0.25) is 0 Å². The van der Waals surface area contributed by atoms with Crippen LogP contribution in [0.5, 0.6) is 0 Å². The van der Waals surface area contributed by atoms with E-state index in [1.165, 1.54) is 20.5 Å². The van der Waals surface area contributed by atoms with E-state index in [4.69, 9.17) is 0 Å². The highest BCUT2D eigenvalue weighted by molar-refractivity contribution is 7.94. The highest BCUT2D eigenvalue weighted by Crippen LogP contribution is 2.34. The second-order valence-corrected chi connectivity index (χ2v) is 12.5. The molecule has 5 rings (SSSR count). The van der Waals surface area contributed by atoms with Crippen molar-refractivity contribution < 1.29 is 8.42 Å². The van der Waals surface area contributed by atoms with Gasteiger partial charge in [-0.1, -0.05) is 24.3 Å². The zero-order valence-corrected chi connectivity index (χ0v) is 21.8. The van der Waals surface area contributed by atoms with E-state index in [0.717, 1.165) is 46.8 Å². The summed E-state index contributed by atoms with van der Waals surface area (Å²) >= 11 is 2.85. The average Bonchev–Trinajstić information content (AvgIpc) is 3.63. The molecule has 35 heavy (non-hydrogen) atoms. The Hall–Kier alpha value is -3.05. The molecule has 0 bridgehead atoms. The van der Waals surface area contributed by atoms with E-state index in [9.17, 15) is 8.42 Å². The molecule has 0 aliphatic carbocycles. The standard InChI is InChI=1S/C25H25N5O2S3/c1-29(13-11-19-8-3-4-12-26-19)17-20-16-27-25(34-20)21-15-18-7-5-9-22(24(18)28-21)30(2)35(31,32)23-10-6-14-33-23/h3-10,12,14-16,28H,11,13,17H2,1-2H3. The number of aromatic nitrogens is 3. The van der Waals surface area contributed by atoms with Crippen LogP contribution >= 0.6 is 22.7 Å². The lowest BCUT2D eigenvalue weighted by Crippen LogP contribution is -2.26. The lowest BCUT2D eigenvalue weighted by atomic mass is 10.2. The summed E-state index contributed by atoms with van der Waals surface area (Å²) in [6.07, 6.45) is 4.64. The molecular weight excluding hydrogens is 499 g/mol. The van der Waals surface area contributed by atoms with E-state index < -0.39 is 10.0 Å². The molecule has 1 aromatic carbocycles. The number of rotatable bonds is 9. The minimum atomic E-state index is -3.62. The molecule has 0 spiro atoms. The quantitative estimate of drug-likeness (QED) is 0.285. The SMILES string of the molecule is CN(CCc1ccccn1)Cc1cnc(-c2cc3cccc(N(C)S(=O)(=O)c4cccs4)c3[nH]2)s1. The van der Waals surface area contributed by atoms with Crippen molar-refractivity contribution in [3.05, 3.63) is 82.9 Å². The van der Waals surface area contributed by atoms with Gasteiger partial charge in [-0.25, -0.2) is 13.4 Å². The second kappa shape index (κ2) is 9.90. The molecular formula is C25H25N5O2S3. The number of sulfonamides is 1. The number of para-hydroxylation sites is 1. The van der Waals surface area contributed by atoms with Crippen molar-refractivity contribution in [1.82, 2.24) is 19.9 Å². The summed E-state index contributed by atoms with van der Waals surface area (Å²) in [5.41, 5.74) is 3.34. The number of aromatic amines is 1. The van der Waals surface area contributed by atoms with Gasteiger partial charge in [-0.3, -0.25) is 9.29 Å². The van der Waals surface area contributed by atoms with E-state index in [-0.39, 0.29) is 0 Å². The molecule has 1 N–H and O–H groups in total. The van der Waals surface area contributed by atoms with Gasteiger partial charge in [-0.2, -0.15) is 0 Å². The Balaban J connectivity index is 1.34. The largest absolute Gasteiger partial charge is 0.351 e. The predicted octanol–water partition coefficient (Wildman–Crippen LogP) is 5.25. The van der Waals surface area contributed by atoms with Gasteiger partial charge < -0.3 is 9.88 Å². The third kappa shape index (κ3) is 5.01. The first-order valence-electron chi connectivity index (χ1n) is 11.1. The number of likely N-dealkylation sites (N-methyl/N-ethyl adjacent to an activating group) is 1. The third-order valence-corrected chi connectivity index (χ3v) is 9.93. The Bertz CT molecular complexity index is 1530. The van der Waals surface area contributed by atoms with Crippen molar-refractivity contribution >= 4 is 49.3 Å². The topological polar surface area (TPSA) is 82.2 Å². The number of benzene rings is 1. The summed E-state index contributed by atoms with van der Waals surface area (Å²) in [6.45, 7) is 1.71. The van der Waals surface area contributed by atoms with Gasteiger partial charge in [0.25, 0.3) is 10.0 Å². The first-order chi connectivity index (χ1) is 16.9. The number of anilines is 1. The average molecular weight is 524 g/mol. The van der Waals surface area contributed by atoms with Gasteiger partial charge >= 0.3 is 0 Å². The number of thiazole rings is 1. The number of hydrogen-bond acceptors (Lipinski definition) is 7. The summed E-state index contributed by atoms with van der Waals surface area (Å²) in [4.78, 5) is 15.9. The van der Waals surface area contributed by atoms with Crippen molar-refractivity contribution in [2.45, 2.75) is 17.2 Å². The van der Waals surface area contributed by atoms with Crippen LogP contribution in [0, 0.1) is 0 Å². The number of nitrogens with zero attached hydrogens (tertiary/aromatic N) is 4. The molecule has 0 amide bonds. The van der Waals surface area contributed by atoms with Crippen LogP contribution in [-0.4, -0.2) is 48.9 Å². The molecule has 0 fully saturated rings. The Morgan fingerprint density at radius 2 is 1.91 bits per heavy atom. The Morgan fingerprint density at radius 1 is 1.03 bits per heavy atom. The highest BCUT2D eigenvalue weighted by atomic mass is 32.2. The van der Waals surface area contributed by atoms with Crippen LogP contribution in [0.2, 0.25) is 0 Å². The monoisotopic (exact) mass is 523 g/mol. The van der Waals surface area contributed by atoms with Crippen LogP contribution in [-0.2, 0) is 23.0 Å². The molecule has 10 heteroatoms. The van der Waals surface area contributed by atoms with Gasteiger partial charge in [0, 0.05) is 54.9 Å². The molecule has 7 nitrogen and oxygen atoms in total. The van der Waals surface area contributed by atoms with Gasteiger partial charge in [-0.05, 0) is 42.8 Å². The minimum absolute atomic E-state index is 0.320. The number of nitrogens with one attached hydrogen (secondary N) is 1. The molecule has 0 saturated carbocycles. The molecule has 4 aromatic heterocycles. The Labute approximate surface area is 212 Å². The molecule has 0 radical (unpaired) electrons. The van der Waals surface area contributed by atoms with Crippen LogP contribution in [0.3, 0.4) is 0 Å². The third-order valence-electron chi connectivity index (χ3n) is 5.77. The molecule has 0 atom stereocenters. The van der Waals surface area contributed by atoms with Crippen molar-refractivity contribution in [2.24, 2.45) is 0 Å². The van der Waals surface area contributed by atoms with Crippen molar-refractivity contribution in [3.63, 3.8) is 0 Å². The van der Waals surface area contributed by atoms with Gasteiger partial charge in [0.1, 0.15) is 9.22 Å². The summed E-state index contributed by atoms with van der Waals surface area (Å²) in [5, 5.41) is 3.59. The molecule has 5 aromatic rings. The summed E-state index contributed by atoms with van der Waals surface area (Å²) < 4.78 is 27.8. The zero-order valence-electron chi connectivity index (χ0n) is 19.4. The number of H-pyrrole nitrogens is 1. The minimum Gasteiger partial charge on any atom is -0.351 e. The molecule has 4 heterocycles. The zero-order chi connectivity index (χ0) is 24.4. The molecule has 0 unspecified atom stereocenters. The summed E-state index contributed by atoms with van der Waals surface area (Å²) in [5.74, 6) is 0. The smallest absolute Gasteiger partial charge is 0.273 e. The number of thiophene rings is 1. The highest BCUT2D eigenvalue weighted by Gasteiger charge is 2.24. The van der Waals surface area contributed by atoms with Crippen LogP contribution in [0.4, 0.5) is 5.69 Å². The lowest BCUT2D eigenvalue weighted by molar-refractivity contribution is 0.332. The molecule has 0 saturated heterocycles. The maximum absolute atomic E-state index is 13.1. The maximum atomic E-state index is 13.1. The van der Waals surface area contributed by atoms with Crippen molar-refractivity contribution in [3.8, 4) is 10.7 Å². The van der Waals surface area contributed by atoms with Gasteiger partial charge in [0.05, 0.1) is 16.9 Å². The van der Waals surface area contributed by atoms with E-state index in [0.29, 0.717) is 9.90 Å². The normalized spacial score (nSPS) is 12.0. The summed E-state index contributed by atoms with van der Waals surface area (Å²) in [6, 6.07) is 17.1. The van der Waals surface area contributed by atoms with E-state index >= 15 is 0 Å². The summed E-state index contributed by atoms with van der Waals surface area (Å²) in [7, 11) is 0.0669. The number of pyridine rings is 1. The maximum Gasteiger partial charge on any atom is 0.273 e. The first kappa shape index (κ1) is 23.7. The van der Waals surface area contributed by atoms with Crippen LogP contribution < -0.4 is 4.31 Å². The Kier molecular flexibility index (Phi) is 6.70. The van der Waals surface area contributed by atoms with Crippen molar-refractivity contribution in [2.75, 3.05) is 24.9 Å². The molecule has 0 aliphatic heterocycles. The second-order valence-electron chi connectivity index (χ2n) is 8.27. The van der Waals surface area contributed by atoms with E-state index in [2.05, 4.69) is 26.9 Å². The number of fused-ring (bicyclic) bond motifs is 1. The van der Waals surface area contributed by atoms with Gasteiger partial charge in [0.15, 0.2) is 0 Å². The van der Waals surface area contributed by atoms with E-state index in [1.54, 1.807) is 35.9 Å². The van der Waals surface area contributed by atoms with Crippen LogP contribution in [0.25, 0.3) is 21.6 Å². The molecule has 0 aliphatic rings. The molecule has 180 valence electrons. The first-order valence-corrected chi connectivity index (χ1v) is 14.2. The number of hydrogen-bond donors (Lipinski definition) is 1.